The molecule has 0 spiro atoms. The Labute approximate surface area is 491 Å². The Bertz CT molecular complexity index is 1450. The maximum absolute atomic E-state index is 12.9. The number of carbonyl (C=O) groups excluding carboxylic acids is 3. The summed E-state index contributed by atoms with van der Waals surface area (Å²) < 4.78 is 17.0. The molecule has 0 saturated heterocycles. The minimum atomic E-state index is -0.781. The van der Waals surface area contributed by atoms with Crippen LogP contribution < -0.4 is 0 Å². The minimum Gasteiger partial charge on any atom is -0.462 e. The van der Waals surface area contributed by atoms with Crippen molar-refractivity contribution in [1.82, 2.24) is 0 Å². The first-order chi connectivity index (χ1) is 39.0. The van der Waals surface area contributed by atoms with E-state index >= 15 is 0 Å². The molecule has 0 heterocycles. The largest absolute Gasteiger partial charge is 0.462 e. The molecule has 79 heavy (non-hydrogen) atoms. The summed E-state index contributed by atoms with van der Waals surface area (Å²) in [6, 6.07) is 0. The van der Waals surface area contributed by atoms with Gasteiger partial charge in [0.05, 0.1) is 0 Å². The summed E-state index contributed by atoms with van der Waals surface area (Å²) in [5.41, 5.74) is 0. The van der Waals surface area contributed by atoms with Gasteiger partial charge in [0.1, 0.15) is 13.2 Å². The molecule has 0 aromatic heterocycles. The predicted molar refractivity (Wildman–Crippen MR) is 344 cm³/mol. The predicted octanol–water partition coefficient (Wildman–Crippen LogP) is 23.7. The molecule has 0 aliphatic rings. The number of rotatable bonds is 63. The molecule has 6 nitrogen and oxygen atoms in total. The van der Waals surface area contributed by atoms with Gasteiger partial charge in [-0.25, -0.2) is 0 Å². The van der Waals surface area contributed by atoms with Crippen molar-refractivity contribution in [3.8, 4) is 0 Å². The van der Waals surface area contributed by atoms with Crippen LogP contribution in [0.15, 0.2) is 72.9 Å². The van der Waals surface area contributed by atoms with Crippen LogP contribution in [-0.4, -0.2) is 37.2 Å². The highest BCUT2D eigenvalue weighted by Gasteiger charge is 2.19. The molecule has 458 valence electrons. The van der Waals surface area contributed by atoms with Gasteiger partial charge in [-0.3, -0.25) is 14.4 Å². The summed E-state index contributed by atoms with van der Waals surface area (Å²) in [7, 11) is 0. The zero-order chi connectivity index (χ0) is 57.1. The lowest BCUT2D eigenvalue weighted by molar-refractivity contribution is -0.167. The normalized spacial score (nSPS) is 12.5. The van der Waals surface area contributed by atoms with Crippen molar-refractivity contribution in [3.63, 3.8) is 0 Å². The molecule has 0 fully saturated rings. The van der Waals surface area contributed by atoms with Gasteiger partial charge in [0.15, 0.2) is 6.10 Å². The first-order valence-electron chi connectivity index (χ1n) is 34.4. The third-order valence-corrected chi connectivity index (χ3v) is 15.2. The average Bonchev–Trinajstić information content (AvgIpc) is 3.45. The van der Waals surface area contributed by atoms with Gasteiger partial charge in [0.2, 0.25) is 0 Å². The molecule has 0 rings (SSSR count). The fourth-order valence-electron chi connectivity index (χ4n) is 10.1. The van der Waals surface area contributed by atoms with Crippen LogP contribution >= 0.6 is 0 Å². The van der Waals surface area contributed by atoms with Crippen LogP contribution in [-0.2, 0) is 28.6 Å². The van der Waals surface area contributed by atoms with Crippen LogP contribution in [0.3, 0.4) is 0 Å². The van der Waals surface area contributed by atoms with E-state index in [-0.39, 0.29) is 31.1 Å². The summed E-state index contributed by atoms with van der Waals surface area (Å²) in [6.45, 7) is 6.51. The number of carbonyl (C=O) groups is 3. The number of ether oxygens (including phenoxy) is 3. The lowest BCUT2D eigenvalue weighted by Gasteiger charge is -2.18. The Morgan fingerprint density at radius 1 is 0.266 bits per heavy atom. The fraction of sp³-hybridized carbons (Fsp3) is 0.795. The van der Waals surface area contributed by atoms with Crippen LogP contribution in [0.2, 0.25) is 0 Å². The summed E-state index contributed by atoms with van der Waals surface area (Å²) in [6.07, 6.45) is 87.8. The van der Waals surface area contributed by atoms with Crippen molar-refractivity contribution < 1.29 is 28.6 Å². The van der Waals surface area contributed by atoms with Gasteiger partial charge in [-0.2, -0.15) is 0 Å². The molecule has 0 bridgehead atoms. The van der Waals surface area contributed by atoms with Gasteiger partial charge >= 0.3 is 17.9 Å². The number of esters is 3. The van der Waals surface area contributed by atoms with E-state index in [1.807, 2.05) is 0 Å². The lowest BCUT2D eigenvalue weighted by Crippen LogP contribution is -2.30. The van der Waals surface area contributed by atoms with Crippen LogP contribution in [0.4, 0.5) is 0 Å². The summed E-state index contributed by atoms with van der Waals surface area (Å²) in [5.74, 6) is -0.873. The molecule has 6 heteroatoms. The molecular formula is C73H130O6. The quantitative estimate of drug-likeness (QED) is 0.0261. The Kier molecular flexibility index (Phi) is 64.7. The Morgan fingerprint density at radius 2 is 0.519 bits per heavy atom. The molecule has 0 saturated carbocycles. The van der Waals surface area contributed by atoms with Crippen LogP contribution in [0.5, 0.6) is 0 Å². The Morgan fingerprint density at radius 3 is 0.823 bits per heavy atom. The van der Waals surface area contributed by atoms with Crippen LogP contribution in [0, 0.1) is 0 Å². The van der Waals surface area contributed by atoms with Gasteiger partial charge in [0.25, 0.3) is 0 Å². The highest BCUT2D eigenvalue weighted by Crippen LogP contribution is 2.18. The first-order valence-corrected chi connectivity index (χ1v) is 34.4. The monoisotopic (exact) mass is 1100 g/mol. The molecule has 0 radical (unpaired) electrons. The minimum absolute atomic E-state index is 0.0774. The van der Waals surface area contributed by atoms with E-state index in [1.165, 1.54) is 205 Å². The molecule has 0 amide bonds. The summed E-state index contributed by atoms with van der Waals surface area (Å²) >= 11 is 0. The molecular weight excluding hydrogens is 973 g/mol. The molecule has 0 aliphatic heterocycles. The SMILES string of the molecule is CC/C=C\C/C=C\C/C=C\C/C=C\CCCCCCCCCCCCCCC(=O)OCC(COC(=O)CCCCCCC/C=C\C/C=C\CCC)OC(=O)CCCCCCCCCCCCCCCCCCCCCCCCC. The van der Waals surface area contributed by atoms with E-state index in [0.29, 0.717) is 19.3 Å². The second kappa shape index (κ2) is 67.4. The van der Waals surface area contributed by atoms with E-state index < -0.39 is 6.10 Å². The Balaban J connectivity index is 4.26. The van der Waals surface area contributed by atoms with Crippen molar-refractivity contribution in [2.24, 2.45) is 0 Å². The zero-order valence-electron chi connectivity index (χ0n) is 52.6. The molecule has 1 unspecified atom stereocenters. The third kappa shape index (κ3) is 65.5. The van der Waals surface area contributed by atoms with Gasteiger partial charge in [-0.15, -0.1) is 0 Å². The zero-order valence-corrected chi connectivity index (χ0v) is 52.6. The van der Waals surface area contributed by atoms with Crippen molar-refractivity contribution in [3.05, 3.63) is 72.9 Å². The maximum Gasteiger partial charge on any atom is 0.306 e. The number of allylic oxidation sites excluding steroid dienone is 12. The van der Waals surface area contributed by atoms with Crippen molar-refractivity contribution >= 4 is 17.9 Å². The second-order valence-corrected chi connectivity index (χ2v) is 23.1. The van der Waals surface area contributed by atoms with Gasteiger partial charge in [-0.1, -0.05) is 325 Å². The highest BCUT2D eigenvalue weighted by atomic mass is 16.6. The van der Waals surface area contributed by atoms with Gasteiger partial charge in [-0.05, 0) is 83.5 Å². The smallest absolute Gasteiger partial charge is 0.306 e. The van der Waals surface area contributed by atoms with E-state index in [2.05, 4.69) is 93.7 Å². The molecule has 0 N–H and O–H groups in total. The lowest BCUT2D eigenvalue weighted by atomic mass is 10.0. The first kappa shape index (κ1) is 75.8. The van der Waals surface area contributed by atoms with E-state index in [9.17, 15) is 14.4 Å². The number of hydrogen-bond acceptors (Lipinski definition) is 6. The summed E-state index contributed by atoms with van der Waals surface area (Å²) in [4.78, 5) is 38.4. The standard InChI is InChI=1S/C73H130O6/c1-4-7-10-13-16-19-22-25-27-29-31-33-35-36-38-39-41-43-45-48-51-54-57-60-63-66-72(75)78-69-70(68-77-71(74)65-62-59-56-53-50-47-24-21-18-15-12-9-6-3)79-73(76)67-64-61-58-55-52-49-46-44-42-40-37-34-32-30-28-26-23-20-17-14-11-8-5-2/h7,10,12,15-16,19,21,24-25,27,31,33,70H,4-6,8-9,11,13-14,17-18,20,22-23,26,28-30,32,34-69H2,1-3H3/b10-7-,15-12-,19-16-,24-21-,27-25-,33-31-. The van der Waals surface area contributed by atoms with E-state index in [4.69, 9.17) is 14.2 Å². The molecule has 1 atom stereocenters. The highest BCUT2D eigenvalue weighted by molar-refractivity contribution is 5.71. The third-order valence-electron chi connectivity index (χ3n) is 15.2. The second-order valence-electron chi connectivity index (χ2n) is 23.1. The molecule has 0 aromatic rings. The van der Waals surface area contributed by atoms with Crippen molar-refractivity contribution in [2.45, 2.75) is 361 Å². The number of hydrogen-bond donors (Lipinski definition) is 0. The topological polar surface area (TPSA) is 78.9 Å². The van der Waals surface area contributed by atoms with Gasteiger partial charge in [0, 0.05) is 19.3 Å². The maximum atomic E-state index is 12.9. The average molecular weight is 1100 g/mol. The van der Waals surface area contributed by atoms with Gasteiger partial charge < -0.3 is 14.2 Å². The Hall–Kier alpha value is -3.15. The number of unbranched alkanes of at least 4 members (excludes halogenated alkanes) is 40. The summed E-state index contributed by atoms with van der Waals surface area (Å²) in [5, 5.41) is 0. The fourth-order valence-corrected chi connectivity index (χ4v) is 10.1. The van der Waals surface area contributed by atoms with Crippen molar-refractivity contribution in [1.29, 1.82) is 0 Å². The van der Waals surface area contributed by atoms with Crippen LogP contribution in [0.25, 0.3) is 0 Å². The van der Waals surface area contributed by atoms with Crippen molar-refractivity contribution in [2.75, 3.05) is 13.2 Å². The molecule has 0 aliphatic carbocycles. The van der Waals surface area contributed by atoms with E-state index in [0.717, 1.165) is 109 Å². The van der Waals surface area contributed by atoms with Crippen LogP contribution in [0.1, 0.15) is 355 Å². The molecule has 0 aromatic carbocycles. The van der Waals surface area contributed by atoms with E-state index in [1.54, 1.807) is 0 Å².